The van der Waals surface area contributed by atoms with Crippen molar-refractivity contribution in [3.63, 3.8) is 0 Å². The summed E-state index contributed by atoms with van der Waals surface area (Å²) in [7, 11) is 0. The van der Waals surface area contributed by atoms with Crippen LogP contribution in [0.4, 0.5) is 0 Å². The topological polar surface area (TPSA) is 0 Å². The van der Waals surface area contributed by atoms with E-state index in [1.54, 1.807) is 0 Å². The minimum Gasteiger partial charge on any atom is -1.00 e. The molecule has 0 unspecified atom stereocenters. The first-order valence-corrected chi connectivity index (χ1v) is 4.73. The van der Waals surface area contributed by atoms with Crippen LogP contribution in [0.3, 0.4) is 0 Å². The first kappa shape index (κ1) is 15.5. The van der Waals surface area contributed by atoms with Crippen LogP contribution in [0.5, 0.6) is 0 Å². The first-order valence-electron chi connectivity index (χ1n) is 4.73. The molecule has 0 N–H and O–H groups in total. The fraction of sp³-hybridized carbons (Fsp3) is 0. The summed E-state index contributed by atoms with van der Waals surface area (Å²) in [4.78, 5) is 0. The van der Waals surface area contributed by atoms with Gasteiger partial charge in [-0.3, -0.25) is 0 Å². The summed E-state index contributed by atoms with van der Waals surface area (Å²) >= 11 is 0. The van der Waals surface area contributed by atoms with Crippen LogP contribution in [-0.4, -0.2) is 0 Å². The molecule has 2 aromatic carbocycles. The van der Waals surface area contributed by atoms with E-state index in [4.69, 9.17) is 0 Å². The molecule has 0 spiro atoms. The van der Waals surface area contributed by atoms with Gasteiger partial charge >= 0.3 is 29.6 Å². The van der Waals surface area contributed by atoms with Crippen LogP contribution >= 0.6 is 0 Å². The second-order valence-corrected chi connectivity index (χ2v) is 3.15. The van der Waals surface area contributed by atoms with Gasteiger partial charge in [0.1, 0.15) is 0 Å². The third-order valence-electron chi connectivity index (χ3n) is 2.07. The summed E-state index contributed by atoms with van der Waals surface area (Å²) in [6, 6.07) is 20.6. The van der Waals surface area contributed by atoms with Gasteiger partial charge in [0.2, 0.25) is 0 Å². The van der Waals surface area contributed by atoms with Crippen LogP contribution in [0.15, 0.2) is 60.7 Å². The first-order chi connectivity index (χ1) is 6.95. The quantitative estimate of drug-likeness (QED) is 0.414. The maximum Gasteiger partial charge on any atom is 1.00 e. The zero-order chi connectivity index (χ0) is 9.64. The molecule has 16 heavy (non-hydrogen) atoms. The maximum atomic E-state index is 2.12. The van der Waals surface area contributed by atoms with Crippen LogP contribution < -0.4 is 42.0 Å². The van der Waals surface area contributed by atoms with E-state index in [2.05, 4.69) is 36.4 Å². The molecule has 0 atom stereocenters. The second-order valence-electron chi connectivity index (χ2n) is 3.15. The van der Waals surface area contributed by atoms with E-state index in [1.807, 2.05) is 36.4 Å². The fourth-order valence-electron chi connectivity index (χ4n) is 1.32. The molecule has 0 bridgehead atoms. The normalized spacial score (nSPS) is 9.25. The molecule has 0 aliphatic carbocycles. The third-order valence-corrected chi connectivity index (χ3v) is 2.07. The van der Waals surface area contributed by atoms with Gasteiger partial charge in [0.25, 0.3) is 0 Å². The van der Waals surface area contributed by atoms with Crippen LogP contribution in [0.25, 0.3) is 12.2 Å². The van der Waals surface area contributed by atoms with Crippen molar-refractivity contribution in [1.29, 1.82) is 0 Å². The molecule has 0 nitrogen and oxygen atoms in total. The van der Waals surface area contributed by atoms with Gasteiger partial charge in [-0.05, 0) is 11.1 Å². The average molecular weight is 239 g/mol. The Morgan fingerprint density at radius 2 is 0.875 bits per heavy atom. The second kappa shape index (κ2) is 8.60. The largest absolute Gasteiger partial charge is 1.00 e. The molecule has 0 fully saturated rings. The smallest absolute Gasteiger partial charge is 1.00 e. The standard InChI is InChI=1S/C14H12.ClH.Na/c1-3-7-13(8-4-1)11-12-14-9-5-2-6-10-14;;/h1-12H;1H;/q;;+1/p-1. The number of rotatable bonds is 2. The predicted molar refractivity (Wildman–Crippen MR) is 61.8 cm³/mol. The summed E-state index contributed by atoms with van der Waals surface area (Å²) in [6.07, 6.45) is 4.24. The third kappa shape index (κ3) is 5.00. The van der Waals surface area contributed by atoms with E-state index in [-0.39, 0.29) is 42.0 Å². The minimum absolute atomic E-state index is 0. The van der Waals surface area contributed by atoms with Gasteiger partial charge in [0, 0.05) is 0 Å². The summed E-state index contributed by atoms with van der Waals surface area (Å²) in [5.74, 6) is 0. The summed E-state index contributed by atoms with van der Waals surface area (Å²) in [5, 5.41) is 0. The van der Waals surface area contributed by atoms with Gasteiger partial charge in [-0.15, -0.1) is 0 Å². The Kier molecular flexibility index (Phi) is 8.32. The molecule has 0 saturated heterocycles. The van der Waals surface area contributed by atoms with Gasteiger partial charge in [-0.25, -0.2) is 0 Å². The van der Waals surface area contributed by atoms with Crippen LogP contribution in [0, 0.1) is 0 Å². The number of benzene rings is 2. The predicted octanol–water partition coefficient (Wildman–Crippen LogP) is -2.13. The van der Waals surface area contributed by atoms with Crippen molar-refractivity contribution in [2.45, 2.75) is 0 Å². The van der Waals surface area contributed by atoms with E-state index >= 15 is 0 Å². The molecular formula is C14H12ClNa. The average Bonchev–Trinajstić information content (AvgIpc) is 2.29. The van der Waals surface area contributed by atoms with Crippen molar-refractivity contribution in [2.75, 3.05) is 0 Å². The Morgan fingerprint density at radius 1 is 0.562 bits per heavy atom. The van der Waals surface area contributed by atoms with Crippen molar-refractivity contribution >= 4 is 12.2 Å². The Labute approximate surface area is 125 Å². The van der Waals surface area contributed by atoms with E-state index in [0.29, 0.717) is 0 Å². The maximum absolute atomic E-state index is 2.12. The van der Waals surface area contributed by atoms with Crippen LogP contribution in [0.2, 0.25) is 0 Å². The van der Waals surface area contributed by atoms with Gasteiger partial charge < -0.3 is 12.4 Å². The number of hydrogen-bond donors (Lipinski definition) is 0. The van der Waals surface area contributed by atoms with Crippen molar-refractivity contribution in [3.8, 4) is 0 Å². The molecule has 0 amide bonds. The molecule has 0 radical (unpaired) electrons. The van der Waals surface area contributed by atoms with Crippen molar-refractivity contribution in [1.82, 2.24) is 0 Å². The molecule has 2 aromatic rings. The van der Waals surface area contributed by atoms with Crippen LogP contribution in [0.1, 0.15) is 11.1 Å². The molecule has 0 saturated carbocycles. The van der Waals surface area contributed by atoms with E-state index in [1.165, 1.54) is 11.1 Å². The Balaban J connectivity index is 0.00000112. The van der Waals surface area contributed by atoms with Crippen molar-refractivity contribution < 1.29 is 42.0 Å². The molecular weight excluding hydrogens is 227 g/mol. The van der Waals surface area contributed by atoms with Crippen molar-refractivity contribution in [3.05, 3.63) is 71.8 Å². The van der Waals surface area contributed by atoms with Gasteiger partial charge in [0.15, 0.2) is 0 Å². The van der Waals surface area contributed by atoms with Gasteiger partial charge in [-0.2, -0.15) is 0 Å². The van der Waals surface area contributed by atoms with Crippen LogP contribution in [-0.2, 0) is 0 Å². The molecule has 2 rings (SSSR count). The Morgan fingerprint density at radius 3 is 1.19 bits per heavy atom. The van der Waals surface area contributed by atoms with Gasteiger partial charge in [0.05, 0.1) is 0 Å². The van der Waals surface area contributed by atoms with E-state index in [9.17, 15) is 0 Å². The summed E-state index contributed by atoms with van der Waals surface area (Å²) in [5.41, 5.74) is 2.47. The SMILES string of the molecule is C(=Cc1ccccc1)c1ccccc1.[Cl-].[Na+]. The molecule has 0 heterocycles. The summed E-state index contributed by atoms with van der Waals surface area (Å²) < 4.78 is 0. The Bertz CT molecular complexity index is 368. The van der Waals surface area contributed by atoms with Crippen molar-refractivity contribution in [2.24, 2.45) is 0 Å². The summed E-state index contributed by atoms with van der Waals surface area (Å²) in [6.45, 7) is 0. The molecule has 0 aliphatic rings. The zero-order valence-electron chi connectivity index (χ0n) is 9.31. The van der Waals surface area contributed by atoms with E-state index < -0.39 is 0 Å². The zero-order valence-corrected chi connectivity index (χ0v) is 12.1. The monoisotopic (exact) mass is 238 g/mol. The molecule has 0 aromatic heterocycles. The molecule has 2 heteroatoms. The Hall–Kier alpha value is -0.530. The van der Waals surface area contributed by atoms with Gasteiger partial charge in [-0.1, -0.05) is 72.8 Å². The number of halogens is 1. The molecule has 76 valence electrons. The fourth-order valence-corrected chi connectivity index (χ4v) is 1.32. The molecule has 0 aliphatic heterocycles. The number of hydrogen-bond acceptors (Lipinski definition) is 0. The minimum atomic E-state index is 0. The van der Waals surface area contributed by atoms with E-state index in [0.717, 1.165) is 0 Å².